The molecule has 3 aromatic rings. The van der Waals surface area contributed by atoms with Crippen LogP contribution in [0.15, 0.2) is 53.6 Å². The van der Waals surface area contributed by atoms with Gasteiger partial charge in [-0.2, -0.15) is 4.98 Å². The van der Waals surface area contributed by atoms with E-state index in [0.29, 0.717) is 35.9 Å². The van der Waals surface area contributed by atoms with E-state index in [1.54, 1.807) is 55.1 Å². The highest BCUT2D eigenvalue weighted by molar-refractivity contribution is 7.92. The number of para-hydroxylation sites is 1. The van der Waals surface area contributed by atoms with E-state index in [0.717, 1.165) is 0 Å². The van der Waals surface area contributed by atoms with E-state index >= 15 is 0 Å². The summed E-state index contributed by atoms with van der Waals surface area (Å²) >= 11 is 6.33. The topological polar surface area (TPSA) is 155 Å². The third-order valence-corrected chi connectivity index (χ3v) is 8.51. The maximum atomic E-state index is 12.8. The lowest BCUT2D eigenvalue weighted by Gasteiger charge is -2.25. The Bertz CT molecular complexity index is 1520. The van der Waals surface area contributed by atoms with Gasteiger partial charge in [0.2, 0.25) is 17.8 Å². The average molecular weight is 588 g/mol. The highest BCUT2D eigenvalue weighted by atomic mass is 35.5. The predicted octanol–water partition coefficient (Wildman–Crippen LogP) is 3.18. The molecule has 0 bridgehead atoms. The van der Waals surface area contributed by atoms with Crippen LogP contribution >= 0.6 is 11.6 Å². The molecule has 1 fully saturated rings. The van der Waals surface area contributed by atoms with Crippen molar-refractivity contribution < 1.29 is 22.7 Å². The van der Waals surface area contributed by atoms with Gasteiger partial charge in [0, 0.05) is 24.8 Å². The standard InChI is InChI=1S/C26H30ClN7O5S/c1-16(2)40(37,38)22-7-5-4-6-20(22)31-25-18(27)13-29-26(33-25)32-19-9-8-17(12-21(19)39-3)30-24(36)15-34-11-10-28-23(35)14-34/h4-9,12-13,16H,10-11,14-15H2,1-3H3,(H,28,35)(H,30,36)(H2,29,31,32,33). The van der Waals surface area contributed by atoms with Crippen molar-refractivity contribution in [2.45, 2.75) is 24.0 Å². The van der Waals surface area contributed by atoms with Gasteiger partial charge in [-0.1, -0.05) is 23.7 Å². The number of methoxy groups -OCH3 is 1. The van der Waals surface area contributed by atoms with Crippen LogP contribution in [0.1, 0.15) is 13.8 Å². The van der Waals surface area contributed by atoms with Gasteiger partial charge in [-0.3, -0.25) is 14.5 Å². The van der Waals surface area contributed by atoms with Crippen molar-refractivity contribution in [3.8, 4) is 5.75 Å². The Morgan fingerprint density at radius 1 is 1.18 bits per heavy atom. The normalized spacial score (nSPS) is 14.0. The molecule has 0 spiro atoms. The van der Waals surface area contributed by atoms with E-state index in [2.05, 4.69) is 31.2 Å². The molecule has 1 aliphatic rings. The van der Waals surface area contributed by atoms with Crippen molar-refractivity contribution in [1.82, 2.24) is 20.2 Å². The lowest BCUT2D eigenvalue weighted by atomic mass is 10.2. The third-order valence-electron chi connectivity index (χ3n) is 6.03. The second kappa shape index (κ2) is 12.5. The molecule has 0 aliphatic carbocycles. The number of hydrogen-bond donors (Lipinski definition) is 4. The number of nitrogens with zero attached hydrogens (tertiary/aromatic N) is 3. The van der Waals surface area contributed by atoms with Crippen molar-refractivity contribution in [2.75, 3.05) is 49.2 Å². The Labute approximate surface area is 237 Å². The molecule has 1 aliphatic heterocycles. The van der Waals surface area contributed by atoms with Crippen LogP contribution in [0.25, 0.3) is 0 Å². The van der Waals surface area contributed by atoms with Crippen LogP contribution < -0.4 is 26.0 Å². The van der Waals surface area contributed by atoms with Gasteiger partial charge in [0.15, 0.2) is 15.7 Å². The highest BCUT2D eigenvalue weighted by Crippen LogP contribution is 2.33. The molecule has 4 N–H and O–H groups in total. The van der Waals surface area contributed by atoms with Gasteiger partial charge in [0.05, 0.1) is 47.9 Å². The number of piperazine rings is 1. The van der Waals surface area contributed by atoms with Crippen LogP contribution in [0.4, 0.5) is 28.8 Å². The number of hydrogen-bond acceptors (Lipinski definition) is 10. The summed E-state index contributed by atoms with van der Waals surface area (Å²) in [7, 11) is -2.08. The van der Waals surface area contributed by atoms with Crippen LogP contribution in [0, 0.1) is 0 Å². The molecule has 40 heavy (non-hydrogen) atoms. The Balaban J connectivity index is 1.49. The van der Waals surface area contributed by atoms with Crippen LogP contribution in [0.3, 0.4) is 0 Å². The molecule has 14 heteroatoms. The zero-order valence-electron chi connectivity index (χ0n) is 22.2. The number of carbonyl (C=O) groups is 2. The number of halogens is 1. The summed E-state index contributed by atoms with van der Waals surface area (Å²) in [6, 6.07) is 11.6. The summed E-state index contributed by atoms with van der Waals surface area (Å²) in [6.07, 6.45) is 1.39. The van der Waals surface area contributed by atoms with Crippen molar-refractivity contribution in [3.63, 3.8) is 0 Å². The molecule has 12 nitrogen and oxygen atoms in total. The summed E-state index contributed by atoms with van der Waals surface area (Å²) < 4.78 is 31.2. The number of anilines is 5. The lowest BCUT2D eigenvalue weighted by molar-refractivity contribution is -0.125. The SMILES string of the molecule is COc1cc(NC(=O)CN2CCNC(=O)C2)ccc1Nc1ncc(Cl)c(Nc2ccccc2S(=O)(=O)C(C)C)n1. The van der Waals surface area contributed by atoms with Crippen molar-refractivity contribution in [1.29, 1.82) is 0 Å². The molecule has 1 saturated heterocycles. The van der Waals surface area contributed by atoms with Gasteiger partial charge >= 0.3 is 0 Å². The molecular weight excluding hydrogens is 558 g/mol. The first-order chi connectivity index (χ1) is 19.1. The molecule has 0 unspecified atom stereocenters. The predicted molar refractivity (Wildman–Crippen MR) is 153 cm³/mol. The smallest absolute Gasteiger partial charge is 0.238 e. The molecule has 4 rings (SSSR count). The van der Waals surface area contributed by atoms with Crippen LogP contribution in [0.5, 0.6) is 5.75 Å². The van der Waals surface area contributed by atoms with E-state index < -0.39 is 15.1 Å². The molecular formula is C26H30ClN7O5S. The number of amides is 2. The summed E-state index contributed by atoms with van der Waals surface area (Å²) in [4.78, 5) is 34.6. The lowest BCUT2D eigenvalue weighted by Crippen LogP contribution is -2.49. The van der Waals surface area contributed by atoms with Gasteiger partial charge < -0.3 is 26.0 Å². The fourth-order valence-corrected chi connectivity index (χ4v) is 5.28. The number of aromatic nitrogens is 2. The largest absolute Gasteiger partial charge is 0.494 e. The molecule has 2 heterocycles. The number of sulfone groups is 1. The molecule has 0 radical (unpaired) electrons. The summed E-state index contributed by atoms with van der Waals surface area (Å²) in [5.41, 5.74) is 1.37. The number of rotatable bonds is 10. The first-order valence-corrected chi connectivity index (χ1v) is 14.4. The molecule has 0 saturated carbocycles. The summed E-state index contributed by atoms with van der Waals surface area (Å²) in [5, 5.41) is 11.2. The van der Waals surface area contributed by atoms with E-state index in [1.165, 1.54) is 19.4 Å². The molecule has 1 aromatic heterocycles. The quantitative estimate of drug-likeness (QED) is 0.278. The Morgan fingerprint density at radius 3 is 2.67 bits per heavy atom. The molecule has 0 atom stereocenters. The minimum absolute atomic E-state index is 0.0890. The zero-order valence-corrected chi connectivity index (χ0v) is 23.8. The first kappa shape index (κ1) is 29.1. The van der Waals surface area contributed by atoms with Crippen molar-refractivity contribution in [3.05, 3.63) is 53.7 Å². The van der Waals surface area contributed by atoms with Crippen molar-refractivity contribution >= 4 is 62.1 Å². The Hall–Kier alpha value is -3.94. The van der Waals surface area contributed by atoms with Crippen LogP contribution in [-0.4, -0.2) is 73.6 Å². The maximum absolute atomic E-state index is 12.8. The molecule has 2 aromatic carbocycles. The summed E-state index contributed by atoms with van der Waals surface area (Å²) in [5.74, 6) is 0.434. The second-order valence-electron chi connectivity index (χ2n) is 9.25. The van der Waals surface area contributed by atoms with Gasteiger partial charge in [-0.25, -0.2) is 13.4 Å². The number of benzene rings is 2. The minimum atomic E-state index is -3.56. The minimum Gasteiger partial charge on any atom is -0.494 e. The first-order valence-electron chi connectivity index (χ1n) is 12.4. The second-order valence-corrected chi connectivity index (χ2v) is 12.1. The Morgan fingerprint density at radius 2 is 1.95 bits per heavy atom. The highest BCUT2D eigenvalue weighted by Gasteiger charge is 2.23. The average Bonchev–Trinajstić information content (AvgIpc) is 2.91. The zero-order chi connectivity index (χ0) is 28.9. The van der Waals surface area contributed by atoms with Gasteiger partial charge in [0.25, 0.3) is 0 Å². The number of ether oxygens (including phenoxy) is 1. The van der Waals surface area contributed by atoms with E-state index in [-0.39, 0.29) is 46.6 Å². The maximum Gasteiger partial charge on any atom is 0.238 e. The van der Waals surface area contributed by atoms with Crippen molar-refractivity contribution in [2.24, 2.45) is 0 Å². The molecule has 212 valence electrons. The van der Waals surface area contributed by atoms with Gasteiger partial charge in [-0.05, 0) is 38.1 Å². The van der Waals surface area contributed by atoms with Gasteiger partial charge in [-0.15, -0.1) is 0 Å². The number of carbonyl (C=O) groups excluding carboxylic acids is 2. The monoisotopic (exact) mass is 587 g/mol. The fraction of sp³-hybridized carbons (Fsp3) is 0.308. The molecule has 2 amide bonds. The van der Waals surface area contributed by atoms with Gasteiger partial charge in [0.1, 0.15) is 10.8 Å². The van der Waals surface area contributed by atoms with E-state index in [4.69, 9.17) is 16.3 Å². The third kappa shape index (κ3) is 6.97. The van der Waals surface area contributed by atoms with E-state index in [9.17, 15) is 18.0 Å². The summed E-state index contributed by atoms with van der Waals surface area (Å²) in [6.45, 7) is 4.60. The number of nitrogens with one attached hydrogen (secondary N) is 4. The fourth-order valence-electron chi connectivity index (χ4n) is 3.94. The Kier molecular flexibility index (Phi) is 9.07. The van der Waals surface area contributed by atoms with Crippen LogP contribution in [-0.2, 0) is 19.4 Å². The van der Waals surface area contributed by atoms with E-state index in [1.807, 2.05) is 0 Å². The van der Waals surface area contributed by atoms with Crippen LogP contribution in [0.2, 0.25) is 5.02 Å².